The Morgan fingerprint density at radius 3 is 2.09 bits per heavy atom. The summed E-state index contributed by atoms with van der Waals surface area (Å²) in [6.07, 6.45) is 0. The minimum absolute atomic E-state index is 0.0834. The van der Waals surface area contributed by atoms with Crippen molar-refractivity contribution in [3.63, 3.8) is 0 Å². The zero-order valence-electron chi connectivity index (χ0n) is 14.0. The monoisotopic (exact) mass is 335 g/mol. The number of methoxy groups -OCH3 is 3. The highest BCUT2D eigenvalue weighted by atomic mass is 32.1. The normalized spacial score (nSPS) is 10.3. The molecule has 23 heavy (non-hydrogen) atoms. The van der Waals surface area contributed by atoms with Crippen molar-refractivity contribution in [1.29, 1.82) is 0 Å². The molecule has 0 unspecified atom stereocenters. The molecule has 0 radical (unpaired) electrons. The molecule has 0 bridgehead atoms. The number of amides is 1. The van der Waals surface area contributed by atoms with E-state index in [0.717, 1.165) is 16.0 Å². The highest BCUT2D eigenvalue weighted by molar-refractivity contribution is 7.14. The highest BCUT2D eigenvalue weighted by Crippen LogP contribution is 2.38. The van der Waals surface area contributed by atoms with Gasteiger partial charge in [-0.15, -0.1) is 11.3 Å². The van der Waals surface area contributed by atoms with E-state index in [0.29, 0.717) is 28.7 Å². The number of hydrogen-bond donors (Lipinski definition) is 1. The van der Waals surface area contributed by atoms with Crippen LogP contribution >= 0.6 is 11.3 Å². The maximum absolute atomic E-state index is 12.2. The molecule has 1 amide bonds. The number of benzene rings is 1. The van der Waals surface area contributed by atoms with Gasteiger partial charge in [-0.1, -0.05) is 0 Å². The molecule has 0 spiro atoms. The molecule has 6 heteroatoms. The summed E-state index contributed by atoms with van der Waals surface area (Å²) < 4.78 is 15.9. The molecular weight excluding hydrogens is 314 g/mol. The van der Waals surface area contributed by atoms with Gasteiger partial charge in [-0.3, -0.25) is 4.79 Å². The van der Waals surface area contributed by atoms with Crippen LogP contribution in [0.3, 0.4) is 0 Å². The Morgan fingerprint density at radius 1 is 1.04 bits per heavy atom. The summed E-state index contributed by atoms with van der Waals surface area (Å²) in [5, 5.41) is 2.92. The Kier molecular flexibility index (Phi) is 5.50. The van der Waals surface area contributed by atoms with Crippen LogP contribution in [-0.4, -0.2) is 27.2 Å². The molecule has 0 atom stereocenters. The minimum atomic E-state index is -0.0834. The van der Waals surface area contributed by atoms with Gasteiger partial charge in [0.15, 0.2) is 11.5 Å². The lowest BCUT2D eigenvalue weighted by Gasteiger charge is -2.14. The smallest absolute Gasteiger partial charge is 0.261 e. The Balaban J connectivity index is 2.15. The molecule has 5 nitrogen and oxygen atoms in total. The number of carbonyl (C=O) groups excluding carboxylic acids is 1. The lowest BCUT2D eigenvalue weighted by Crippen LogP contribution is -2.21. The van der Waals surface area contributed by atoms with Crippen LogP contribution in [0.15, 0.2) is 18.2 Å². The minimum Gasteiger partial charge on any atom is -0.493 e. The highest BCUT2D eigenvalue weighted by Gasteiger charge is 2.14. The van der Waals surface area contributed by atoms with E-state index in [1.807, 2.05) is 32.0 Å². The molecule has 2 aromatic rings. The first-order valence-corrected chi connectivity index (χ1v) is 7.96. The second-order valence-corrected chi connectivity index (χ2v) is 6.32. The van der Waals surface area contributed by atoms with Crippen LogP contribution in [-0.2, 0) is 6.54 Å². The summed E-state index contributed by atoms with van der Waals surface area (Å²) in [5.41, 5.74) is 2.01. The second-order valence-electron chi connectivity index (χ2n) is 5.07. The van der Waals surface area contributed by atoms with Crippen LogP contribution in [0.2, 0.25) is 0 Å². The number of rotatable bonds is 6. The molecule has 0 saturated carbocycles. The number of thiophene rings is 1. The Morgan fingerprint density at radius 2 is 1.65 bits per heavy atom. The van der Waals surface area contributed by atoms with Crippen molar-refractivity contribution in [2.24, 2.45) is 0 Å². The van der Waals surface area contributed by atoms with Crippen LogP contribution in [0.4, 0.5) is 0 Å². The molecule has 0 aliphatic rings. The van der Waals surface area contributed by atoms with Crippen LogP contribution in [0, 0.1) is 13.8 Å². The van der Waals surface area contributed by atoms with E-state index < -0.39 is 0 Å². The van der Waals surface area contributed by atoms with Crippen molar-refractivity contribution >= 4 is 17.2 Å². The summed E-state index contributed by atoms with van der Waals surface area (Å²) in [5.74, 6) is 1.59. The Labute approximate surface area is 140 Å². The first kappa shape index (κ1) is 17.1. The van der Waals surface area contributed by atoms with Gasteiger partial charge in [0, 0.05) is 11.4 Å². The SMILES string of the molecule is COc1cc(CNC(=O)c2cc(C)c(C)s2)cc(OC)c1OC. The van der Waals surface area contributed by atoms with Crippen molar-refractivity contribution in [2.45, 2.75) is 20.4 Å². The van der Waals surface area contributed by atoms with Gasteiger partial charge >= 0.3 is 0 Å². The quantitative estimate of drug-likeness (QED) is 0.880. The van der Waals surface area contributed by atoms with Crippen molar-refractivity contribution in [2.75, 3.05) is 21.3 Å². The van der Waals surface area contributed by atoms with Crippen molar-refractivity contribution in [3.05, 3.63) is 39.1 Å². The molecule has 1 aromatic carbocycles. The van der Waals surface area contributed by atoms with Gasteiger partial charge in [0.1, 0.15) is 0 Å². The third-order valence-electron chi connectivity index (χ3n) is 3.57. The number of ether oxygens (including phenoxy) is 3. The average molecular weight is 335 g/mol. The zero-order valence-corrected chi connectivity index (χ0v) is 14.8. The maximum Gasteiger partial charge on any atom is 0.261 e. The van der Waals surface area contributed by atoms with E-state index >= 15 is 0 Å². The topological polar surface area (TPSA) is 56.8 Å². The van der Waals surface area contributed by atoms with E-state index in [4.69, 9.17) is 14.2 Å². The van der Waals surface area contributed by atoms with Gasteiger partial charge in [-0.25, -0.2) is 0 Å². The van der Waals surface area contributed by atoms with Crippen molar-refractivity contribution in [1.82, 2.24) is 5.32 Å². The summed E-state index contributed by atoms with van der Waals surface area (Å²) in [7, 11) is 4.69. The molecule has 0 saturated heterocycles. The number of nitrogens with one attached hydrogen (secondary N) is 1. The molecular formula is C17H21NO4S. The lowest BCUT2D eigenvalue weighted by molar-refractivity contribution is 0.0955. The molecule has 1 aromatic heterocycles. The molecule has 1 N–H and O–H groups in total. The van der Waals surface area contributed by atoms with Gasteiger partial charge < -0.3 is 19.5 Å². The summed E-state index contributed by atoms with van der Waals surface area (Å²) in [4.78, 5) is 14.1. The van der Waals surface area contributed by atoms with Crippen molar-refractivity contribution < 1.29 is 19.0 Å². The van der Waals surface area contributed by atoms with Crippen molar-refractivity contribution in [3.8, 4) is 17.2 Å². The molecule has 0 aliphatic heterocycles. The first-order chi connectivity index (χ1) is 11.0. The third-order valence-corrected chi connectivity index (χ3v) is 4.72. The zero-order chi connectivity index (χ0) is 17.0. The Bertz CT molecular complexity index is 664. The van der Waals surface area contributed by atoms with Gasteiger partial charge in [0.25, 0.3) is 5.91 Å². The fourth-order valence-electron chi connectivity index (χ4n) is 2.19. The van der Waals surface area contributed by atoms with Crippen LogP contribution in [0.5, 0.6) is 17.2 Å². The van der Waals surface area contributed by atoms with Crippen LogP contribution in [0.1, 0.15) is 25.7 Å². The molecule has 1 heterocycles. The fraction of sp³-hybridized carbons (Fsp3) is 0.353. The molecule has 0 fully saturated rings. The number of carbonyl (C=O) groups is 1. The standard InChI is InChI=1S/C17H21NO4S/c1-10-6-15(23-11(10)2)17(19)18-9-12-7-13(20-3)16(22-5)14(8-12)21-4/h6-8H,9H2,1-5H3,(H,18,19). The summed E-state index contributed by atoms with van der Waals surface area (Å²) in [6.45, 7) is 4.39. The molecule has 124 valence electrons. The van der Waals surface area contributed by atoms with Gasteiger partial charge in [-0.05, 0) is 43.2 Å². The van der Waals surface area contributed by atoms with E-state index in [2.05, 4.69) is 5.32 Å². The first-order valence-electron chi connectivity index (χ1n) is 7.14. The number of hydrogen-bond acceptors (Lipinski definition) is 5. The van der Waals surface area contributed by atoms with E-state index in [9.17, 15) is 4.79 Å². The summed E-state index contributed by atoms with van der Waals surface area (Å²) in [6, 6.07) is 5.56. The van der Waals surface area contributed by atoms with E-state index in [1.165, 1.54) is 11.3 Å². The predicted octanol–water partition coefficient (Wildman–Crippen LogP) is 3.32. The third kappa shape index (κ3) is 3.76. The van der Waals surface area contributed by atoms with Crippen LogP contribution in [0.25, 0.3) is 0 Å². The van der Waals surface area contributed by atoms with Crippen LogP contribution < -0.4 is 19.5 Å². The lowest BCUT2D eigenvalue weighted by atomic mass is 10.1. The van der Waals surface area contributed by atoms with Gasteiger partial charge in [0.2, 0.25) is 5.75 Å². The molecule has 2 rings (SSSR count). The maximum atomic E-state index is 12.2. The van der Waals surface area contributed by atoms with E-state index in [-0.39, 0.29) is 5.91 Å². The van der Waals surface area contributed by atoms with E-state index in [1.54, 1.807) is 21.3 Å². The predicted molar refractivity (Wildman–Crippen MR) is 91.1 cm³/mol. The summed E-state index contributed by atoms with van der Waals surface area (Å²) >= 11 is 1.50. The second kappa shape index (κ2) is 7.37. The van der Waals surface area contributed by atoms with Gasteiger partial charge in [-0.2, -0.15) is 0 Å². The largest absolute Gasteiger partial charge is 0.493 e. The van der Waals surface area contributed by atoms with Gasteiger partial charge in [0.05, 0.1) is 26.2 Å². The average Bonchev–Trinajstić information content (AvgIpc) is 2.90. The Hall–Kier alpha value is -2.21. The molecule has 0 aliphatic carbocycles. The number of aryl methyl sites for hydroxylation is 2. The fourth-order valence-corrected chi connectivity index (χ4v) is 3.14.